The van der Waals surface area contributed by atoms with Crippen LogP contribution in [0.3, 0.4) is 0 Å². The van der Waals surface area contributed by atoms with Gasteiger partial charge in [-0.05, 0) is 12.8 Å². The quantitative estimate of drug-likeness (QED) is 0.541. The van der Waals surface area contributed by atoms with Gasteiger partial charge in [-0.3, -0.25) is 9.59 Å². The van der Waals surface area contributed by atoms with Gasteiger partial charge in [-0.1, -0.05) is 0 Å². The van der Waals surface area contributed by atoms with E-state index in [0.717, 1.165) is 39.3 Å². The zero-order valence-corrected chi connectivity index (χ0v) is 8.29. The van der Waals surface area contributed by atoms with E-state index in [1.807, 2.05) is 0 Å². The minimum absolute atomic E-state index is 0.170. The molecule has 1 saturated carbocycles. The van der Waals surface area contributed by atoms with E-state index >= 15 is 0 Å². The summed E-state index contributed by atoms with van der Waals surface area (Å²) in [5.41, 5.74) is 0. The highest BCUT2D eigenvalue weighted by atomic mass is 16.6. The smallest absolute Gasteiger partial charge is 0.198 e. The number of ketones is 2. The van der Waals surface area contributed by atoms with Crippen molar-refractivity contribution in [1.29, 1.82) is 0 Å². The summed E-state index contributed by atoms with van der Waals surface area (Å²) in [6, 6.07) is 0. The van der Waals surface area contributed by atoms with Crippen LogP contribution in [0.5, 0.6) is 0 Å². The number of hydrogen-bond acceptors (Lipinski definition) is 4. The number of carbonyl (C=O) groups excluding carboxylic acids is 2. The lowest BCUT2D eigenvalue weighted by atomic mass is 9.98. The van der Waals surface area contributed by atoms with E-state index in [1.54, 1.807) is 0 Å². The van der Waals surface area contributed by atoms with Crippen LogP contribution in [-0.4, -0.2) is 38.0 Å². The second-order valence-corrected chi connectivity index (χ2v) is 3.28. The Hall–Kier alpha value is -0.740. The number of ether oxygens (including phenoxy) is 2. The monoisotopic (exact) mass is 200 g/mol. The van der Waals surface area contributed by atoms with Gasteiger partial charge in [-0.2, -0.15) is 0 Å². The molecule has 1 aliphatic carbocycles. The summed E-state index contributed by atoms with van der Waals surface area (Å²) in [4.78, 5) is 20.9. The zero-order valence-electron chi connectivity index (χ0n) is 8.29. The normalized spacial score (nSPS) is 22.6. The van der Waals surface area contributed by atoms with Gasteiger partial charge < -0.3 is 9.47 Å². The van der Waals surface area contributed by atoms with Crippen LogP contribution in [0.2, 0.25) is 0 Å². The zero-order chi connectivity index (χ0) is 10.2. The molecular weight excluding hydrogens is 184 g/mol. The second kappa shape index (κ2) is 6.68. The lowest BCUT2D eigenvalue weighted by Gasteiger charge is -2.09. The first-order valence-electron chi connectivity index (χ1n) is 5.02. The lowest BCUT2D eigenvalue weighted by molar-refractivity contribution is -0.137. The van der Waals surface area contributed by atoms with E-state index in [4.69, 9.17) is 9.47 Å². The third-order valence-electron chi connectivity index (χ3n) is 2.11. The van der Waals surface area contributed by atoms with E-state index in [9.17, 15) is 9.59 Å². The Morgan fingerprint density at radius 2 is 1.07 bits per heavy atom. The van der Waals surface area contributed by atoms with Gasteiger partial charge in [0.1, 0.15) is 0 Å². The van der Waals surface area contributed by atoms with Crippen molar-refractivity contribution in [2.45, 2.75) is 25.7 Å². The molecule has 2 rings (SSSR count). The minimum atomic E-state index is -0.170. The first-order chi connectivity index (χ1) is 6.80. The average molecular weight is 200 g/mol. The van der Waals surface area contributed by atoms with Crippen LogP contribution in [-0.2, 0) is 19.1 Å². The summed E-state index contributed by atoms with van der Waals surface area (Å²) >= 11 is 0. The average Bonchev–Trinajstić information content (AvgIpc) is 2.26. The van der Waals surface area contributed by atoms with Gasteiger partial charge in [0.25, 0.3) is 0 Å². The summed E-state index contributed by atoms with van der Waals surface area (Å²) < 4.78 is 9.89. The molecule has 80 valence electrons. The summed E-state index contributed by atoms with van der Waals surface area (Å²) in [7, 11) is 0. The van der Waals surface area contributed by atoms with E-state index in [-0.39, 0.29) is 11.6 Å². The number of rotatable bonds is 0. The highest BCUT2D eigenvalue weighted by Crippen LogP contribution is 2.09. The molecule has 0 unspecified atom stereocenters. The molecule has 0 aromatic carbocycles. The maximum absolute atomic E-state index is 10.4. The van der Waals surface area contributed by atoms with Crippen LogP contribution in [0.25, 0.3) is 0 Å². The van der Waals surface area contributed by atoms with Crippen LogP contribution in [0, 0.1) is 0 Å². The van der Waals surface area contributed by atoms with E-state index < -0.39 is 0 Å². The Bertz CT molecular complexity index is 169. The molecule has 14 heavy (non-hydrogen) atoms. The number of hydrogen-bond donors (Lipinski definition) is 0. The van der Waals surface area contributed by atoms with Crippen molar-refractivity contribution in [1.82, 2.24) is 0 Å². The third-order valence-corrected chi connectivity index (χ3v) is 2.11. The van der Waals surface area contributed by atoms with Crippen LogP contribution >= 0.6 is 0 Å². The molecule has 0 aromatic rings. The molecule has 0 spiro atoms. The molecule has 1 heterocycles. The fourth-order valence-corrected chi connectivity index (χ4v) is 1.29. The van der Waals surface area contributed by atoms with Crippen molar-refractivity contribution in [3.05, 3.63) is 0 Å². The number of Topliss-reactive ketones (excluding diaryl/α,β-unsaturated/α-hetero) is 2. The molecular formula is C10H16O4. The summed E-state index contributed by atoms with van der Waals surface area (Å²) in [5, 5.41) is 0. The van der Waals surface area contributed by atoms with E-state index in [1.165, 1.54) is 0 Å². The summed E-state index contributed by atoms with van der Waals surface area (Å²) in [6.45, 7) is 3.11. The largest absolute Gasteiger partial charge is 0.377 e. The van der Waals surface area contributed by atoms with Crippen molar-refractivity contribution >= 4 is 11.6 Å². The standard InChI is InChI=1S/C6H8O2.C4H8O2/c7-5-3-1-2-4-6(5)8;1-2-6-4-3-5-1/h1-4H2;1-4H2. The lowest BCUT2D eigenvalue weighted by Crippen LogP contribution is -2.17. The van der Waals surface area contributed by atoms with Crippen molar-refractivity contribution in [2.24, 2.45) is 0 Å². The molecule has 0 atom stereocenters. The Morgan fingerprint density at radius 3 is 1.29 bits per heavy atom. The molecule has 1 saturated heterocycles. The van der Waals surface area contributed by atoms with Crippen molar-refractivity contribution < 1.29 is 19.1 Å². The molecule has 1 aliphatic heterocycles. The first-order valence-corrected chi connectivity index (χ1v) is 5.02. The predicted molar refractivity (Wildman–Crippen MR) is 50.1 cm³/mol. The Labute approximate surface area is 83.6 Å². The van der Waals surface area contributed by atoms with Crippen LogP contribution in [0.15, 0.2) is 0 Å². The summed E-state index contributed by atoms with van der Waals surface area (Å²) in [5.74, 6) is -0.340. The van der Waals surface area contributed by atoms with Gasteiger partial charge in [-0.15, -0.1) is 0 Å². The van der Waals surface area contributed by atoms with Crippen molar-refractivity contribution in [2.75, 3.05) is 26.4 Å². The molecule has 0 bridgehead atoms. The predicted octanol–water partition coefficient (Wildman–Crippen LogP) is 0.732. The second-order valence-electron chi connectivity index (χ2n) is 3.28. The highest BCUT2D eigenvalue weighted by Gasteiger charge is 2.16. The van der Waals surface area contributed by atoms with Gasteiger partial charge in [0.05, 0.1) is 26.4 Å². The molecule has 0 radical (unpaired) electrons. The topological polar surface area (TPSA) is 52.6 Å². The molecule has 2 fully saturated rings. The van der Waals surface area contributed by atoms with E-state index in [2.05, 4.69) is 0 Å². The van der Waals surface area contributed by atoms with Gasteiger partial charge in [0, 0.05) is 12.8 Å². The SMILES string of the molecule is C1COCCO1.O=C1CCCCC1=O. The highest BCUT2D eigenvalue weighted by molar-refractivity contribution is 6.37. The van der Waals surface area contributed by atoms with Crippen molar-refractivity contribution in [3.63, 3.8) is 0 Å². The number of carbonyl (C=O) groups is 2. The molecule has 2 aliphatic rings. The molecule has 4 heteroatoms. The van der Waals surface area contributed by atoms with Gasteiger partial charge in [0.15, 0.2) is 11.6 Å². The molecule has 4 nitrogen and oxygen atoms in total. The molecule has 0 amide bonds. The first kappa shape index (κ1) is 11.3. The fraction of sp³-hybridized carbons (Fsp3) is 0.800. The van der Waals surface area contributed by atoms with Crippen LogP contribution < -0.4 is 0 Å². The Kier molecular flexibility index (Phi) is 5.40. The minimum Gasteiger partial charge on any atom is -0.377 e. The maximum Gasteiger partial charge on any atom is 0.198 e. The van der Waals surface area contributed by atoms with Gasteiger partial charge in [0.2, 0.25) is 0 Å². The Balaban J connectivity index is 0.000000146. The van der Waals surface area contributed by atoms with Crippen LogP contribution in [0.1, 0.15) is 25.7 Å². The molecule has 0 aromatic heterocycles. The Morgan fingerprint density at radius 1 is 0.714 bits per heavy atom. The third kappa shape index (κ3) is 4.48. The maximum atomic E-state index is 10.4. The molecule has 0 N–H and O–H groups in total. The fourth-order valence-electron chi connectivity index (χ4n) is 1.29. The summed E-state index contributed by atoms with van der Waals surface area (Å²) in [6.07, 6.45) is 2.78. The van der Waals surface area contributed by atoms with E-state index in [0.29, 0.717) is 12.8 Å². The van der Waals surface area contributed by atoms with Gasteiger partial charge >= 0.3 is 0 Å². The van der Waals surface area contributed by atoms with Gasteiger partial charge in [-0.25, -0.2) is 0 Å². The van der Waals surface area contributed by atoms with Crippen LogP contribution in [0.4, 0.5) is 0 Å². The van der Waals surface area contributed by atoms with Crippen molar-refractivity contribution in [3.8, 4) is 0 Å².